The maximum atomic E-state index is 5.62. The molecule has 86 valence electrons. The molecule has 1 heterocycles. The Balaban J connectivity index is 2.70. The van der Waals surface area contributed by atoms with E-state index >= 15 is 0 Å². The van der Waals surface area contributed by atoms with Crippen LogP contribution in [-0.2, 0) is 6.54 Å². The molecule has 0 saturated heterocycles. The summed E-state index contributed by atoms with van der Waals surface area (Å²) in [6.07, 6.45) is 2.16. The van der Waals surface area contributed by atoms with E-state index in [1.807, 2.05) is 0 Å². The smallest absolute Gasteiger partial charge is 0.119 e. The van der Waals surface area contributed by atoms with Gasteiger partial charge in [0.15, 0.2) is 0 Å². The van der Waals surface area contributed by atoms with Crippen molar-refractivity contribution in [3.05, 3.63) is 29.5 Å². The average Bonchev–Trinajstić information content (AvgIpc) is 2.57. The molecule has 2 rings (SSSR count). The molecule has 0 bridgehead atoms. The molecule has 0 unspecified atom stereocenters. The lowest BCUT2D eigenvalue weighted by molar-refractivity contribution is 0.415. The summed E-state index contributed by atoms with van der Waals surface area (Å²) in [6.45, 7) is 5.75. The van der Waals surface area contributed by atoms with Crippen LogP contribution in [0.4, 0.5) is 0 Å². The van der Waals surface area contributed by atoms with Crippen LogP contribution in [0.1, 0.15) is 11.1 Å². The number of aromatic nitrogens is 1. The van der Waals surface area contributed by atoms with Crippen molar-refractivity contribution in [1.29, 1.82) is 0 Å². The Bertz CT molecular complexity index is 514. The van der Waals surface area contributed by atoms with Crippen molar-refractivity contribution in [3.63, 3.8) is 0 Å². The number of ether oxygens (including phenoxy) is 1. The summed E-state index contributed by atoms with van der Waals surface area (Å²) in [5.74, 6) is 0.915. The van der Waals surface area contributed by atoms with E-state index in [0.29, 0.717) is 6.54 Å². The largest absolute Gasteiger partial charge is 0.497 e. The molecule has 0 aliphatic carbocycles. The van der Waals surface area contributed by atoms with Crippen molar-refractivity contribution < 1.29 is 4.74 Å². The van der Waals surface area contributed by atoms with Gasteiger partial charge in [-0.05, 0) is 37.1 Å². The highest BCUT2D eigenvalue weighted by molar-refractivity contribution is 5.88. The Labute approximate surface area is 95.8 Å². The van der Waals surface area contributed by atoms with Crippen LogP contribution in [0.5, 0.6) is 5.75 Å². The summed E-state index contributed by atoms with van der Waals surface area (Å²) in [5, 5.41) is 1.25. The monoisotopic (exact) mass is 218 g/mol. The lowest BCUT2D eigenvalue weighted by atomic mass is 10.1. The number of hydrogen-bond donors (Lipinski definition) is 1. The SMILES string of the molecule is COc1cc(C)c2c(c1)c(C)cn2CCN. The van der Waals surface area contributed by atoms with Crippen molar-refractivity contribution in [1.82, 2.24) is 4.57 Å². The molecule has 0 spiro atoms. The molecule has 0 radical (unpaired) electrons. The van der Waals surface area contributed by atoms with Crippen LogP contribution in [0.15, 0.2) is 18.3 Å². The molecule has 3 nitrogen and oxygen atoms in total. The zero-order valence-corrected chi connectivity index (χ0v) is 10.1. The molecule has 1 aromatic carbocycles. The highest BCUT2D eigenvalue weighted by Crippen LogP contribution is 2.28. The second-order valence-electron chi connectivity index (χ2n) is 4.13. The number of aryl methyl sites for hydroxylation is 2. The van der Waals surface area contributed by atoms with E-state index in [4.69, 9.17) is 10.5 Å². The number of benzene rings is 1. The molecule has 2 N–H and O–H groups in total. The molecule has 0 fully saturated rings. The molecule has 0 aliphatic rings. The van der Waals surface area contributed by atoms with E-state index in [1.165, 1.54) is 22.0 Å². The van der Waals surface area contributed by atoms with E-state index in [0.717, 1.165) is 12.3 Å². The van der Waals surface area contributed by atoms with Gasteiger partial charge in [-0.15, -0.1) is 0 Å². The second-order valence-corrected chi connectivity index (χ2v) is 4.13. The van der Waals surface area contributed by atoms with Gasteiger partial charge in [-0.2, -0.15) is 0 Å². The molecule has 0 aliphatic heterocycles. The molecular formula is C13H18N2O. The fourth-order valence-electron chi connectivity index (χ4n) is 2.23. The van der Waals surface area contributed by atoms with Gasteiger partial charge in [0.05, 0.1) is 12.6 Å². The molecule has 1 aromatic heterocycles. The van der Waals surface area contributed by atoms with E-state index < -0.39 is 0 Å². The quantitative estimate of drug-likeness (QED) is 0.858. The van der Waals surface area contributed by atoms with Crippen molar-refractivity contribution in [2.45, 2.75) is 20.4 Å². The highest BCUT2D eigenvalue weighted by Gasteiger charge is 2.09. The summed E-state index contributed by atoms with van der Waals surface area (Å²) in [6, 6.07) is 4.15. The number of nitrogens with zero attached hydrogens (tertiary/aromatic N) is 1. The van der Waals surface area contributed by atoms with Gasteiger partial charge in [0, 0.05) is 24.7 Å². The third kappa shape index (κ3) is 1.67. The fourth-order valence-corrected chi connectivity index (χ4v) is 2.23. The van der Waals surface area contributed by atoms with Crippen molar-refractivity contribution in [2.24, 2.45) is 5.73 Å². The fraction of sp³-hybridized carbons (Fsp3) is 0.385. The Morgan fingerprint density at radius 3 is 2.62 bits per heavy atom. The average molecular weight is 218 g/mol. The summed E-state index contributed by atoms with van der Waals surface area (Å²) in [4.78, 5) is 0. The predicted molar refractivity (Wildman–Crippen MR) is 67.0 cm³/mol. The predicted octanol–water partition coefficient (Wildman–Crippen LogP) is 2.23. The molecule has 0 amide bonds. The summed E-state index contributed by atoms with van der Waals surface area (Å²) < 4.78 is 7.52. The first kappa shape index (κ1) is 11.0. The third-order valence-corrected chi connectivity index (χ3v) is 2.94. The lowest BCUT2D eigenvalue weighted by Gasteiger charge is -2.07. The Morgan fingerprint density at radius 2 is 2.00 bits per heavy atom. The number of hydrogen-bond acceptors (Lipinski definition) is 2. The standard InChI is InChI=1S/C13H18N2O/c1-9-6-11(16-3)7-12-10(2)8-15(5-4-14)13(9)12/h6-8H,4-5,14H2,1-3H3. The minimum Gasteiger partial charge on any atom is -0.497 e. The minimum atomic E-state index is 0.661. The van der Waals surface area contributed by atoms with Crippen LogP contribution in [0.3, 0.4) is 0 Å². The van der Waals surface area contributed by atoms with Gasteiger partial charge in [-0.25, -0.2) is 0 Å². The van der Waals surface area contributed by atoms with Crippen LogP contribution < -0.4 is 10.5 Å². The first-order valence-corrected chi connectivity index (χ1v) is 5.51. The van der Waals surface area contributed by atoms with E-state index in [1.54, 1.807) is 7.11 Å². The number of fused-ring (bicyclic) bond motifs is 1. The van der Waals surface area contributed by atoms with Crippen LogP contribution in [0.2, 0.25) is 0 Å². The van der Waals surface area contributed by atoms with E-state index in [-0.39, 0.29) is 0 Å². The van der Waals surface area contributed by atoms with Crippen LogP contribution in [0.25, 0.3) is 10.9 Å². The number of methoxy groups -OCH3 is 1. The molecule has 2 aromatic rings. The highest BCUT2D eigenvalue weighted by atomic mass is 16.5. The van der Waals surface area contributed by atoms with Crippen LogP contribution in [-0.4, -0.2) is 18.2 Å². The number of rotatable bonds is 3. The van der Waals surface area contributed by atoms with Gasteiger partial charge in [0.2, 0.25) is 0 Å². The van der Waals surface area contributed by atoms with Gasteiger partial charge in [-0.1, -0.05) is 0 Å². The third-order valence-electron chi connectivity index (χ3n) is 2.94. The van der Waals surface area contributed by atoms with E-state index in [2.05, 4.69) is 36.7 Å². The zero-order valence-electron chi connectivity index (χ0n) is 10.1. The molecule has 16 heavy (non-hydrogen) atoms. The van der Waals surface area contributed by atoms with Crippen molar-refractivity contribution >= 4 is 10.9 Å². The maximum absolute atomic E-state index is 5.62. The molecule has 0 saturated carbocycles. The Kier molecular flexibility index (Phi) is 2.88. The van der Waals surface area contributed by atoms with Crippen LogP contribution in [0, 0.1) is 13.8 Å². The topological polar surface area (TPSA) is 40.2 Å². The first-order valence-electron chi connectivity index (χ1n) is 5.51. The zero-order chi connectivity index (χ0) is 11.7. The number of nitrogens with two attached hydrogens (primary N) is 1. The van der Waals surface area contributed by atoms with Gasteiger partial charge in [0.25, 0.3) is 0 Å². The maximum Gasteiger partial charge on any atom is 0.119 e. The first-order chi connectivity index (χ1) is 7.67. The van der Waals surface area contributed by atoms with E-state index in [9.17, 15) is 0 Å². The summed E-state index contributed by atoms with van der Waals surface area (Å²) in [7, 11) is 1.70. The second kappa shape index (κ2) is 4.18. The van der Waals surface area contributed by atoms with Gasteiger partial charge in [-0.3, -0.25) is 0 Å². The van der Waals surface area contributed by atoms with Crippen LogP contribution >= 0.6 is 0 Å². The normalized spacial score (nSPS) is 11.0. The molecule has 3 heteroatoms. The minimum absolute atomic E-state index is 0.661. The summed E-state index contributed by atoms with van der Waals surface area (Å²) >= 11 is 0. The van der Waals surface area contributed by atoms with Gasteiger partial charge >= 0.3 is 0 Å². The van der Waals surface area contributed by atoms with Gasteiger partial charge in [0.1, 0.15) is 5.75 Å². The van der Waals surface area contributed by atoms with Gasteiger partial charge < -0.3 is 15.0 Å². The van der Waals surface area contributed by atoms with Crippen molar-refractivity contribution in [3.8, 4) is 5.75 Å². The Morgan fingerprint density at radius 1 is 1.25 bits per heavy atom. The molecule has 0 atom stereocenters. The summed E-state index contributed by atoms with van der Waals surface area (Å²) in [5.41, 5.74) is 9.39. The van der Waals surface area contributed by atoms with Crippen molar-refractivity contribution in [2.75, 3.05) is 13.7 Å². The Hall–Kier alpha value is -1.48. The lowest BCUT2D eigenvalue weighted by Crippen LogP contribution is -2.09. The molecular weight excluding hydrogens is 200 g/mol.